The number of nitrogens with zero attached hydrogens (tertiary/aromatic N) is 1. The molecular formula is C14H10BrFN2O3. The Hall–Kier alpha value is -2.28. The van der Waals surface area contributed by atoms with Gasteiger partial charge in [-0.05, 0) is 36.8 Å². The van der Waals surface area contributed by atoms with Gasteiger partial charge in [0.1, 0.15) is 0 Å². The third-order valence-corrected chi connectivity index (χ3v) is 3.72. The van der Waals surface area contributed by atoms with Crippen LogP contribution in [0.1, 0.15) is 15.9 Å². The van der Waals surface area contributed by atoms with Gasteiger partial charge in [0.2, 0.25) is 0 Å². The van der Waals surface area contributed by atoms with E-state index in [1.165, 1.54) is 0 Å². The minimum absolute atomic E-state index is 0.105. The summed E-state index contributed by atoms with van der Waals surface area (Å²) in [5.74, 6) is -1.34. The lowest BCUT2D eigenvalue weighted by Crippen LogP contribution is -2.13. The molecule has 1 N–H and O–H groups in total. The molecule has 0 saturated carbocycles. The standard InChI is InChI=1S/C14H10BrFN2O3/c1-8-6-9(2-4-11(8)15)14(19)17-13-5-3-10(18(20)21)7-12(13)16/h2-7H,1H3,(H,17,19). The average Bonchev–Trinajstić information content (AvgIpc) is 2.43. The minimum atomic E-state index is -0.855. The molecule has 0 aliphatic heterocycles. The fraction of sp³-hybridized carbons (Fsp3) is 0.0714. The predicted octanol–water partition coefficient (Wildman–Crippen LogP) is 4.06. The van der Waals surface area contributed by atoms with Crippen molar-refractivity contribution >= 4 is 33.2 Å². The first kappa shape index (κ1) is 15.1. The van der Waals surface area contributed by atoms with Crippen molar-refractivity contribution in [1.82, 2.24) is 0 Å². The van der Waals surface area contributed by atoms with Crippen LogP contribution in [-0.4, -0.2) is 10.8 Å². The van der Waals surface area contributed by atoms with Crippen molar-refractivity contribution in [2.75, 3.05) is 5.32 Å². The lowest BCUT2D eigenvalue weighted by Gasteiger charge is -2.07. The molecule has 0 radical (unpaired) electrons. The molecule has 0 aromatic heterocycles. The van der Waals surface area contributed by atoms with Gasteiger partial charge in [0.25, 0.3) is 11.6 Å². The summed E-state index contributed by atoms with van der Waals surface area (Å²) < 4.78 is 14.6. The monoisotopic (exact) mass is 352 g/mol. The van der Waals surface area contributed by atoms with E-state index in [4.69, 9.17) is 0 Å². The molecular weight excluding hydrogens is 343 g/mol. The summed E-state index contributed by atoms with van der Waals surface area (Å²) in [7, 11) is 0. The fourth-order valence-electron chi connectivity index (χ4n) is 1.70. The van der Waals surface area contributed by atoms with E-state index in [0.29, 0.717) is 5.56 Å². The van der Waals surface area contributed by atoms with E-state index in [9.17, 15) is 19.3 Å². The fourth-order valence-corrected chi connectivity index (χ4v) is 1.95. The van der Waals surface area contributed by atoms with E-state index in [-0.39, 0.29) is 11.4 Å². The molecule has 0 heterocycles. The van der Waals surface area contributed by atoms with Gasteiger partial charge in [-0.2, -0.15) is 0 Å². The van der Waals surface area contributed by atoms with Gasteiger partial charge in [-0.25, -0.2) is 4.39 Å². The number of hydrogen-bond acceptors (Lipinski definition) is 3. The Balaban J connectivity index is 2.23. The van der Waals surface area contributed by atoms with E-state index >= 15 is 0 Å². The Kier molecular flexibility index (Phi) is 4.32. The smallest absolute Gasteiger partial charge is 0.272 e. The third-order valence-electron chi connectivity index (χ3n) is 2.83. The zero-order chi connectivity index (χ0) is 15.6. The van der Waals surface area contributed by atoms with Crippen LogP contribution in [0.2, 0.25) is 0 Å². The number of carbonyl (C=O) groups excluding carboxylic acids is 1. The van der Waals surface area contributed by atoms with E-state index in [0.717, 1.165) is 28.2 Å². The maximum absolute atomic E-state index is 13.7. The Morgan fingerprint density at radius 2 is 2.00 bits per heavy atom. The highest BCUT2D eigenvalue weighted by Gasteiger charge is 2.14. The maximum Gasteiger partial charge on any atom is 0.272 e. The highest BCUT2D eigenvalue weighted by atomic mass is 79.9. The molecule has 0 bridgehead atoms. The van der Waals surface area contributed by atoms with Gasteiger partial charge in [0.15, 0.2) is 5.82 Å². The van der Waals surface area contributed by atoms with Gasteiger partial charge in [-0.3, -0.25) is 14.9 Å². The molecule has 2 rings (SSSR count). The van der Waals surface area contributed by atoms with Crippen molar-refractivity contribution in [3.05, 3.63) is 67.9 Å². The van der Waals surface area contributed by atoms with Crippen molar-refractivity contribution in [3.63, 3.8) is 0 Å². The molecule has 5 nitrogen and oxygen atoms in total. The van der Waals surface area contributed by atoms with Crippen LogP contribution < -0.4 is 5.32 Å². The van der Waals surface area contributed by atoms with Crippen LogP contribution in [0.15, 0.2) is 40.9 Å². The molecule has 108 valence electrons. The summed E-state index contributed by atoms with van der Waals surface area (Å²) in [6.45, 7) is 1.83. The number of anilines is 1. The van der Waals surface area contributed by atoms with Crippen LogP contribution >= 0.6 is 15.9 Å². The molecule has 0 aliphatic rings. The number of rotatable bonds is 3. The van der Waals surface area contributed by atoms with Crippen molar-refractivity contribution in [1.29, 1.82) is 0 Å². The molecule has 7 heteroatoms. The van der Waals surface area contributed by atoms with Gasteiger partial charge in [0.05, 0.1) is 16.7 Å². The number of amides is 1. The second-order valence-electron chi connectivity index (χ2n) is 4.34. The zero-order valence-electron chi connectivity index (χ0n) is 10.9. The number of carbonyl (C=O) groups is 1. The number of halogens is 2. The highest BCUT2D eigenvalue weighted by Crippen LogP contribution is 2.22. The minimum Gasteiger partial charge on any atom is -0.319 e. The molecule has 2 aromatic rings. The van der Waals surface area contributed by atoms with Crippen molar-refractivity contribution in [3.8, 4) is 0 Å². The average molecular weight is 353 g/mol. The first-order valence-electron chi connectivity index (χ1n) is 5.90. The Labute approximate surface area is 128 Å². The van der Waals surface area contributed by atoms with Crippen LogP contribution in [0.3, 0.4) is 0 Å². The summed E-state index contributed by atoms with van der Waals surface area (Å²) in [6, 6.07) is 8.03. The normalized spacial score (nSPS) is 10.2. The molecule has 0 saturated heterocycles. The van der Waals surface area contributed by atoms with Gasteiger partial charge in [0, 0.05) is 16.1 Å². The summed E-state index contributed by atoms with van der Waals surface area (Å²) in [4.78, 5) is 21.8. The van der Waals surface area contributed by atoms with Crippen LogP contribution in [0.5, 0.6) is 0 Å². The van der Waals surface area contributed by atoms with Crippen molar-refractivity contribution < 1.29 is 14.1 Å². The number of nitro groups is 1. The molecule has 0 unspecified atom stereocenters. The largest absolute Gasteiger partial charge is 0.319 e. The number of non-ortho nitro benzene ring substituents is 1. The molecule has 0 fully saturated rings. The van der Waals surface area contributed by atoms with E-state index < -0.39 is 16.6 Å². The Bertz CT molecular complexity index is 734. The lowest BCUT2D eigenvalue weighted by atomic mass is 10.1. The first-order chi connectivity index (χ1) is 9.88. The number of benzene rings is 2. The maximum atomic E-state index is 13.7. The van der Waals surface area contributed by atoms with Crippen LogP contribution in [0.25, 0.3) is 0 Å². The van der Waals surface area contributed by atoms with Crippen LogP contribution in [0.4, 0.5) is 15.8 Å². The van der Waals surface area contributed by atoms with Gasteiger partial charge in [-0.1, -0.05) is 15.9 Å². The SMILES string of the molecule is Cc1cc(C(=O)Nc2ccc([N+](=O)[O-])cc2F)ccc1Br. The summed E-state index contributed by atoms with van der Waals surface area (Å²) >= 11 is 3.32. The summed E-state index contributed by atoms with van der Waals surface area (Å²) in [5.41, 5.74) is 0.761. The lowest BCUT2D eigenvalue weighted by molar-refractivity contribution is -0.385. The van der Waals surface area contributed by atoms with Gasteiger partial charge >= 0.3 is 0 Å². The molecule has 1 amide bonds. The highest BCUT2D eigenvalue weighted by molar-refractivity contribution is 9.10. The van der Waals surface area contributed by atoms with E-state index in [2.05, 4.69) is 21.2 Å². The van der Waals surface area contributed by atoms with Gasteiger partial charge < -0.3 is 5.32 Å². The van der Waals surface area contributed by atoms with Crippen molar-refractivity contribution in [2.24, 2.45) is 0 Å². The quantitative estimate of drug-likeness (QED) is 0.668. The predicted molar refractivity (Wildman–Crippen MR) is 79.9 cm³/mol. The topological polar surface area (TPSA) is 72.2 Å². The number of aryl methyl sites for hydroxylation is 1. The van der Waals surface area contributed by atoms with Crippen LogP contribution in [0, 0.1) is 22.9 Å². The molecule has 21 heavy (non-hydrogen) atoms. The zero-order valence-corrected chi connectivity index (χ0v) is 12.5. The number of nitrogens with one attached hydrogen (secondary N) is 1. The summed E-state index contributed by atoms with van der Waals surface area (Å²) in [5, 5.41) is 12.9. The van der Waals surface area contributed by atoms with Crippen molar-refractivity contribution in [2.45, 2.75) is 6.92 Å². The molecule has 0 aliphatic carbocycles. The Morgan fingerprint density at radius 1 is 1.29 bits per heavy atom. The van der Waals surface area contributed by atoms with Crippen LogP contribution in [-0.2, 0) is 0 Å². The second-order valence-corrected chi connectivity index (χ2v) is 5.19. The Morgan fingerprint density at radius 3 is 2.57 bits per heavy atom. The van der Waals surface area contributed by atoms with E-state index in [1.807, 2.05) is 6.92 Å². The molecule has 2 aromatic carbocycles. The van der Waals surface area contributed by atoms with E-state index in [1.54, 1.807) is 18.2 Å². The second kappa shape index (κ2) is 6.01. The third kappa shape index (κ3) is 3.43. The molecule has 0 spiro atoms. The first-order valence-corrected chi connectivity index (χ1v) is 6.69. The number of nitro benzene ring substituents is 1. The number of hydrogen-bond donors (Lipinski definition) is 1. The molecule has 0 atom stereocenters. The summed E-state index contributed by atoms with van der Waals surface area (Å²) in [6.07, 6.45) is 0. The van der Waals surface area contributed by atoms with Gasteiger partial charge in [-0.15, -0.1) is 0 Å².